The predicted octanol–water partition coefficient (Wildman–Crippen LogP) is 3.89. The van der Waals surface area contributed by atoms with Crippen molar-refractivity contribution >= 4 is 11.2 Å². The lowest BCUT2D eigenvalue weighted by molar-refractivity contribution is 0.491. The number of aryl methyl sites for hydroxylation is 1. The molecule has 2 aromatic heterocycles. The highest BCUT2D eigenvalue weighted by atomic mass is 19.1. The van der Waals surface area contributed by atoms with E-state index < -0.39 is 11.5 Å². The molecule has 31 heavy (non-hydrogen) atoms. The highest BCUT2D eigenvalue weighted by molar-refractivity contribution is 5.72. The standard InChI is InChI=1S/C24H25FN4O2/c1-16(2)12-13-28-23(30)21-22(29(24(28)31)20-10-8-19(25)9-11-20)26-15-27(21)14-18-6-4-17(3)5-7-18/h4-11,15-16H,12-14H2,1-3H3. The number of imidazole rings is 1. The van der Waals surface area contributed by atoms with Crippen LogP contribution in [0.5, 0.6) is 0 Å². The van der Waals surface area contributed by atoms with Gasteiger partial charge >= 0.3 is 5.69 Å². The molecule has 6 nitrogen and oxygen atoms in total. The molecule has 0 N–H and O–H groups in total. The van der Waals surface area contributed by atoms with Crippen LogP contribution in [-0.4, -0.2) is 18.7 Å². The monoisotopic (exact) mass is 420 g/mol. The Kier molecular flexibility index (Phi) is 5.59. The summed E-state index contributed by atoms with van der Waals surface area (Å²) in [7, 11) is 0. The van der Waals surface area contributed by atoms with E-state index in [0.29, 0.717) is 36.6 Å². The van der Waals surface area contributed by atoms with Crippen molar-refractivity contribution in [3.05, 3.63) is 92.6 Å². The first-order valence-electron chi connectivity index (χ1n) is 10.4. The topological polar surface area (TPSA) is 61.8 Å². The molecule has 4 rings (SSSR count). The molecule has 0 unspecified atom stereocenters. The van der Waals surface area contributed by atoms with Gasteiger partial charge in [0.05, 0.1) is 12.0 Å². The predicted molar refractivity (Wildman–Crippen MR) is 119 cm³/mol. The third-order valence-corrected chi connectivity index (χ3v) is 5.39. The molecule has 0 atom stereocenters. The molecule has 0 saturated carbocycles. The molecule has 0 radical (unpaired) electrons. The van der Waals surface area contributed by atoms with E-state index in [1.165, 1.54) is 33.4 Å². The van der Waals surface area contributed by atoms with Crippen molar-refractivity contribution in [3.8, 4) is 5.69 Å². The zero-order chi connectivity index (χ0) is 22.1. The molecule has 0 spiro atoms. The number of halogens is 1. The highest BCUT2D eigenvalue weighted by Gasteiger charge is 2.19. The lowest BCUT2D eigenvalue weighted by Gasteiger charge is -2.13. The Hall–Kier alpha value is -3.48. The van der Waals surface area contributed by atoms with E-state index >= 15 is 0 Å². The lowest BCUT2D eigenvalue weighted by Crippen LogP contribution is -2.40. The van der Waals surface area contributed by atoms with E-state index in [9.17, 15) is 14.0 Å². The summed E-state index contributed by atoms with van der Waals surface area (Å²) < 4.78 is 17.9. The van der Waals surface area contributed by atoms with Gasteiger partial charge in [-0.15, -0.1) is 0 Å². The molecule has 0 aliphatic rings. The molecular weight excluding hydrogens is 395 g/mol. The van der Waals surface area contributed by atoms with Gasteiger partial charge in [-0.1, -0.05) is 43.7 Å². The molecular formula is C24H25FN4O2. The summed E-state index contributed by atoms with van der Waals surface area (Å²) in [6.45, 7) is 6.87. The zero-order valence-electron chi connectivity index (χ0n) is 17.9. The number of benzene rings is 2. The van der Waals surface area contributed by atoms with Crippen LogP contribution in [-0.2, 0) is 13.1 Å². The second kappa shape index (κ2) is 8.34. The van der Waals surface area contributed by atoms with Crippen LogP contribution < -0.4 is 11.2 Å². The van der Waals surface area contributed by atoms with Crippen LogP contribution in [0, 0.1) is 18.7 Å². The van der Waals surface area contributed by atoms with Gasteiger partial charge in [0, 0.05) is 13.1 Å². The van der Waals surface area contributed by atoms with E-state index in [1.807, 2.05) is 45.0 Å². The van der Waals surface area contributed by atoms with Gasteiger partial charge in [0.1, 0.15) is 5.82 Å². The fraction of sp³-hybridized carbons (Fsp3) is 0.292. The molecule has 0 bridgehead atoms. The van der Waals surface area contributed by atoms with Crippen LogP contribution in [0.25, 0.3) is 16.9 Å². The van der Waals surface area contributed by atoms with Crippen LogP contribution in [0.4, 0.5) is 4.39 Å². The molecule has 0 aliphatic heterocycles. The van der Waals surface area contributed by atoms with Gasteiger partial charge in [-0.25, -0.2) is 18.7 Å². The van der Waals surface area contributed by atoms with Crippen molar-refractivity contribution in [2.45, 2.75) is 40.3 Å². The normalized spacial score (nSPS) is 11.5. The lowest BCUT2D eigenvalue weighted by atomic mass is 10.1. The summed E-state index contributed by atoms with van der Waals surface area (Å²) in [5.41, 5.74) is 2.45. The Bertz CT molecular complexity index is 1330. The van der Waals surface area contributed by atoms with E-state index in [-0.39, 0.29) is 11.2 Å². The minimum Gasteiger partial charge on any atom is -0.320 e. The fourth-order valence-electron chi connectivity index (χ4n) is 3.60. The van der Waals surface area contributed by atoms with E-state index in [1.54, 1.807) is 10.9 Å². The summed E-state index contributed by atoms with van der Waals surface area (Å²) in [6, 6.07) is 13.7. The van der Waals surface area contributed by atoms with Crippen LogP contribution in [0.15, 0.2) is 64.4 Å². The minimum atomic E-state index is -0.467. The van der Waals surface area contributed by atoms with Gasteiger partial charge in [0.25, 0.3) is 5.56 Å². The molecule has 0 saturated heterocycles. The quantitative estimate of drug-likeness (QED) is 0.475. The number of rotatable bonds is 6. The Morgan fingerprint density at radius 1 is 1.00 bits per heavy atom. The second-order valence-corrected chi connectivity index (χ2v) is 8.26. The molecule has 0 fully saturated rings. The molecule has 7 heteroatoms. The number of hydrogen-bond donors (Lipinski definition) is 0. The third kappa shape index (κ3) is 4.08. The fourth-order valence-corrected chi connectivity index (χ4v) is 3.60. The van der Waals surface area contributed by atoms with Gasteiger partial charge in [-0.05, 0) is 49.1 Å². The maximum atomic E-state index is 13.5. The second-order valence-electron chi connectivity index (χ2n) is 8.26. The highest BCUT2D eigenvalue weighted by Crippen LogP contribution is 2.16. The minimum absolute atomic E-state index is 0.273. The number of hydrogen-bond acceptors (Lipinski definition) is 3. The molecule has 4 aromatic rings. The average molecular weight is 420 g/mol. The SMILES string of the molecule is Cc1ccc(Cn2cnc3c2c(=O)n(CCC(C)C)c(=O)n3-c2ccc(F)cc2)cc1. The van der Waals surface area contributed by atoms with Crippen molar-refractivity contribution in [2.24, 2.45) is 5.92 Å². The van der Waals surface area contributed by atoms with Crippen molar-refractivity contribution in [3.63, 3.8) is 0 Å². The van der Waals surface area contributed by atoms with Crippen molar-refractivity contribution in [2.75, 3.05) is 0 Å². The first-order chi connectivity index (χ1) is 14.8. The van der Waals surface area contributed by atoms with Crippen molar-refractivity contribution in [1.29, 1.82) is 0 Å². The summed E-state index contributed by atoms with van der Waals surface area (Å²) in [4.78, 5) is 31.1. The van der Waals surface area contributed by atoms with Crippen molar-refractivity contribution < 1.29 is 4.39 Å². The van der Waals surface area contributed by atoms with Crippen LogP contribution in [0.3, 0.4) is 0 Å². The van der Waals surface area contributed by atoms with E-state index in [0.717, 1.165) is 11.1 Å². The van der Waals surface area contributed by atoms with Crippen molar-refractivity contribution in [1.82, 2.24) is 18.7 Å². The maximum Gasteiger partial charge on any atom is 0.337 e. The molecule has 160 valence electrons. The average Bonchev–Trinajstić information content (AvgIpc) is 3.14. The van der Waals surface area contributed by atoms with E-state index in [4.69, 9.17) is 0 Å². The van der Waals surface area contributed by atoms with Gasteiger partial charge in [-0.3, -0.25) is 9.36 Å². The number of aromatic nitrogens is 4. The van der Waals surface area contributed by atoms with Crippen LogP contribution >= 0.6 is 0 Å². The first-order valence-corrected chi connectivity index (χ1v) is 10.4. The summed E-state index contributed by atoms with van der Waals surface area (Å²) in [5.74, 6) is -0.0650. The number of fused-ring (bicyclic) bond motifs is 1. The van der Waals surface area contributed by atoms with Gasteiger partial charge in [0.15, 0.2) is 11.2 Å². The van der Waals surface area contributed by atoms with Crippen LogP contribution in [0.2, 0.25) is 0 Å². The largest absolute Gasteiger partial charge is 0.337 e. The van der Waals surface area contributed by atoms with Gasteiger partial charge in [0.2, 0.25) is 0 Å². The van der Waals surface area contributed by atoms with Gasteiger partial charge < -0.3 is 4.57 Å². The Balaban J connectivity index is 1.94. The summed E-state index contributed by atoms with van der Waals surface area (Å²) in [6.07, 6.45) is 2.27. The molecule has 0 aliphatic carbocycles. The molecule has 2 aromatic carbocycles. The summed E-state index contributed by atoms with van der Waals surface area (Å²) in [5, 5.41) is 0. The maximum absolute atomic E-state index is 13.5. The van der Waals surface area contributed by atoms with E-state index in [2.05, 4.69) is 4.98 Å². The Morgan fingerprint density at radius 2 is 1.68 bits per heavy atom. The molecule has 0 amide bonds. The number of nitrogens with zero attached hydrogens (tertiary/aromatic N) is 4. The smallest absolute Gasteiger partial charge is 0.320 e. The summed E-state index contributed by atoms with van der Waals surface area (Å²) >= 11 is 0. The Morgan fingerprint density at radius 3 is 2.32 bits per heavy atom. The zero-order valence-corrected chi connectivity index (χ0v) is 17.9. The van der Waals surface area contributed by atoms with Crippen LogP contribution in [0.1, 0.15) is 31.4 Å². The first kappa shape index (κ1) is 20.8. The van der Waals surface area contributed by atoms with Gasteiger partial charge in [-0.2, -0.15) is 0 Å². The Labute approximate surface area is 179 Å². The molecule has 2 heterocycles. The third-order valence-electron chi connectivity index (χ3n) is 5.39.